The molecule has 6 heteroatoms. The van der Waals surface area contributed by atoms with Crippen LogP contribution < -0.4 is 4.74 Å². The van der Waals surface area contributed by atoms with Gasteiger partial charge in [0.15, 0.2) is 11.4 Å². The second-order valence-electron chi connectivity index (χ2n) is 6.04. The number of benzene rings is 1. The molecule has 0 bridgehead atoms. The number of esters is 1. The molecule has 0 atom stereocenters. The van der Waals surface area contributed by atoms with E-state index in [1.807, 2.05) is 42.8 Å². The average molecular weight is 332 g/mol. The number of hydrogen-bond acceptors (Lipinski definition) is 5. The maximum Gasteiger partial charge on any atom is 0.345 e. The van der Waals surface area contributed by atoms with Gasteiger partial charge in [0, 0.05) is 29.2 Å². The lowest BCUT2D eigenvalue weighted by molar-refractivity contribution is 0.0736. The van der Waals surface area contributed by atoms with E-state index in [2.05, 4.69) is 15.1 Å². The maximum absolute atomic E-state index is 12.5. The van der Waals surface area contributed by atoms with Crippen LogP contribution in [-0.4, -0.2) is 25.7 Å². The number of pyridine rings is 2. The Balaban J connectivity index is 1.68. The highest BCUT2D eigenvalue weighted by molar-refractivity contribution is 5.96. The predicted octanol–water partition coefficient (Wildman–Crippen LogP) is 3.78. The zero-order valence-corrected chi connectivity index (χ0v) is 13.9. The van der Waals surface area contributed by atoms with Crippen LogP contribution in [0.2, 0.25) is 0 Å². The molecule has 0 amide bonds. The molecule has 0 aliphatic rings. The summed E-state index contributed by atoms with van der Waals surface area (Å²) in [7, 11) is 0. The molecule has 0 aliphatic carbocycles. The first-order chi connectivity index (χ1) is 12.1. The zero-order chi connectivity index (χ0) is 17.4. The Morgan fingerprint density at radius 3 is 2.76 bits per heavy atom. The Bertz CT molecular complexity index is 1080. The largest absolute Gasteiger partial charge is 0.421 e. The Kier molecular flexibility index (Phi) is 3.65. The molecule has 1 aromatic carbocycles. The SMILES string of the molecule is CC(C)n1ncc2cc(C(=O)Oc3cccc4cccnc34)cnc21. The lowest BCUT2D eigenvalue weighted by atomic mass is 10.2. The molecule has 4 rings (SSSR count). The minimum atomic E-state index is -0.468. The first-order valence-electron chi connectivity index (χ1n) is 8.02. The third kappa shape index (κ3) is 2.71. The topological polar surface area (TPSA) is 69.9 Å². The second-order valence-corrected chi connectivity index (χ2v) is 6.04. The Morgan fingerprint density at radius 1 is 1.08 bits per heavy atom. The summed E-state index contributed by atoms with van der Waals surface area (Å²) in [6, 6.07) is 11.2. The van der Waals surface area contributed by atoms with Gasteiger partial charge in [0.1, 0.15) is 5.52 Å². The van der Waals surface area contributed by atoms with Gasteiger partial charge in [-0.15, -0.1) is 0 Å². The van der Waals surface area contributed by atoms with Crippen LogP contribution in [0.1, 0.15) is 30.2 Å². The van der Waals surface area contributed by atoms with Gasteiger partial charge in [-0.1, -0.05) is 18.2 Å². The van der Waals surface area contributed by atoms with E-state index < -0.39 is 5.97 Å². The van der Waals surface area contributed by atoms with E-state index >= 15 is 0 Å². The fourth-order valence-electron chi connectivity index (χ4n) is 2.75. The lowest BCUT2D eigenvalue weighted by Crippen LogP contribution is -2.10. The highest BCUT2D eigenvalue weighted by Crippen LogP contribution is 2.24. The monoisotopic (exact) mass is 332 g/mol. The van der Waals surface area contributed by atoms with Gasteiger partial charge in [0.05, 0.1) is 11.8 Å². The first kappa shape index (κ1) is 15.3. The van der Waals surface area contributed by atoms with Crippen LogP contribution in [-0.2, 0) is 0 Å². The minimum Gasteiger partial charge on any atom is -0.421 e. The van der Waals surface area contributed by atoms with Crippen LogP contribution in [0.25, 0.3) is 21.9 Å². The average Bonchev–Trinajstić information content (AvgIpc) is 3.05. The highest BCUT2D eigenvalue weighted by Gasteiger charge is 2.15. The normalized spacial score (nSPS) is 11.3. The van der Waals surface area contributed by atoms with E-state index in [-0.39, 0.29) is 6.04 Å². The molecular weight excluding hydrogens is 316 g/mol. The number of ether oxygens (including phenoxy) is 1. The summed E-state index contributed by atoms with van der Waals surface area (Å²) in [5.74, 6) is -0.0362. The third-order valence-electron chi connectivity index (χ3n) is 3.96. The van der Waals surface area contributed by atoms with Crippen molar-refractivity contribution in [2.24, 2.45) is 0 Å². The van der Waals surface area contributed by atoms with Crippen molar-refractivity contribution in [1.29, 1.82) is 0 Å². The van der Waals surface area contributed by atoms with Crippen molar-refractivity contribution in [2.45, 2.75) is 19.9 Å². The molecule has 6 nitrogen and oxygen atoms in total. The van der Waals surface area contributed by atoms with Gasteiger partial charge in [0.2, 0.25) is 0 Å². The summed E-state index contributed by atoms with van der Waals surface area (Å²) in [5.41, 5.74) is 1.78. The Morgan fingerprint density at radius 2 is 1.92 bits per heavy atom. The van der Waals surface area contributed by atoms with E-state index in [0.29, 0.717) is 16.8 Å². The molecule has 0 aliphatic heterocycles. The van der Waals surface area contributed by atoms with Crippen molar-refractivity contribution in [3.63, 3.8) is 0 Å². The Hall–Kier alpha value is -3.28. The summed E-state index contributed by atoms with van der Waals surface area (Å²) in [6.45, 7) is 4.06. The second kappa shape index (κ2) is 5.98. The predicted molar refractivity (Wildman–Crippen MR) is 94.6 cm³/mol. The first-order valence-corrected chi connectivity index (χ1v) is 8.02. The number of carbonyl (C=O) groups excluding carboxylic acids is 1. The van der Waals surface area contributed by atoms with Gasteiger partial charge in [-0.3, -0.25) is 4.98 Å². The summed E-state index contributed by atoms with van der Waals surface area (Å²) in [5, 5.41) is 6.03. The maximum atomic E-state index is 12.5. The lowest BCUT2D eigenvalue weighted by Gasteiger charge is -2.08. The molecule has 0 saturated carbocycles. The summed E-state index contributed by atoms with van der Waals surface area (Å²) in [4.78, 5) is 21.2. The van der Waals surface area contributed by atoms with Crippen LogP contribution in [0.5, 0.6) is 5.75 Å². The number of aromatic nitrogens is 4. The minimum absolute atomic E-state index is 0.199. The van der Waals surface area contributed by atoms with Crippen LogP contribution in [0.4, 0.5) is 0 Å². The van der Waals surface area contributed by atoms with E-state index in [9.17, 15) is 4.79 Å². The van der Waals surface area contributed by atoms with Gasteiger partial charge in [-0.25, -0.2) is 14.5 Å². The smallest absolute Gasteiger partial charge is 0.345 e. The quantitative estimate of drug-likeness (QED) is 0.422. The van der Waals surface area contributed by atoms with Gasteiger partial charge in [-0.2, -0.15) is 5.10 Å². The van der Waals surface area contributed by atoms with Crippen molar-refractivity contribution in [3.8, 4) is 5.75 Å². The molecule has 25 heavy (non-hydrogen) atoms. The molecule has 124 valence electrons. The fourth-order valence-corrected chi connectivity index (χ4v) is 2.75. The standard InChI is InChI=1S/C19H16N4O2/c1-12(2)23-18-14(11-22-23)9-15(10-21-18)19(24)25-16-7-3-5-13-6-4-8-20-17(13)16/h3-12H,1-2H3. The van der Waals surface area contributed by atoms with Crippen LogP contribution >= 0.6 is 0 Å². The van der Waals surface area contributed by atoms with Crippen molar-refractivity contribution in [3.05, 3.63) is 60.6 Å². The molecule has 3 aromatic heterocycles. The number of para-hydroxylation sites is 1. The molecule has 0 radical (unpaired) electrons. The van der Waals surface area contributed by atoms with Gasteiger partial charge in [0.25, 0.3) is 0 Å². The van der Waals surface area contributed by atoms with Gasteiger partial charge < -0.3 is 4.74 Å². The van der Waals surface area contributed by atoms with Crippen molar-refractivity contribution in [1.82, 2.24) is 19.7 Å². The number of rotatable bonds is 3. The van der Waals surface area contributed by atoms with Crippen molar-refractivity contribution in [2.75, 3.05) is 0 Å². The molecule has 0 N–H and O–H groups in total. The number of nitrogens with zero attached hydrogens (tertiary/aromatic N) is 4. The van der Waals surface area contributed by atoms with E-state index in [1.54, 1.807) is 24.5 Å². The molecule has 4 aromatic rings. The molecule has 0 spiro atoms. The van der Waals surface area contributed by atoms with Crippen molar-refractivity contribution >= 4 is 27.9 Å². The molecular formula is C19H16N4O2. The number of carbonyl (C=O) groups is 1. The summed E-state index contributed by atoms with van der Waals surface area (Å²) >= 11 is 0. The summed E-state index contributed by atoms with van der Waals surface area (Å²) < 4.78 is 7.37. The summed E-state index contributed by atoms with van der Waals surface area (Å²) in [6.07, 6.45) is 4.90. The van der Waals surface area contributed by atoms with Gasteiger partial charge >= 0.3 is 5.97 Å². The molecule has 0 unspecified atom stereocenters. The van der Waals surface area contributed by atoms with Crippen LogP contribution in [0, 0.1) is 0 Å². The van der Waals surface area contributed by atoms with Crippen molar-refractivity contribution < 1.29 is 9.53 Å². The number of hydrogen-bond donors (Lipinski definition) is 0. The van der Waals surface area contributed by atoms with Crippen LogP contribution in [0.3, 0.4) is 0 Å². The molecule has 3 heterocycles. The molecule has 0 saturated heterocycles. The van der Waals surface area contributed by atoms with E-state index in [1.165, 1.54) is 6.20 Å². The zero-order valence-electron chi connectivity index (χ0n) is 13.9. The fraction of sp³-hybridized carbons (Fsp3) is 0.158. The number of fused-ring (bicyclic) bond motifs is 2. The molecule has 0 fully saturated rings. The Labute approximate surface area is 144 Å². The highest BCUT2D eigenvalue weighted by atomic mass is 16.5. The van der Waals surface area contributed by atoms with Gasteiger partial charge in [-0.05, 0) is 32.0 Å². The van der Waals surface area contributed by atoms with Crippen LogP contribution in [0.15, 0.2) is 55.0 Å². The van der Waals surface area contributed by atoms with E-state index in [4.69, 9.17) is 4.74 Å². The van der Waals surface area contributed by atoms with E-state index in [0.717, 1.165) is 16.4 Å². The third-order valence-corrected chi connectivity index (χ3v) is 3.96.